The summed E-state index contributed by atoms with van der Waals surface area (Å²) in [6.07, 6.45) is 3.73. The van der Waals surface area contributed by atoms with Crippen LogP contribution in [0.2, 0.25) is 0 Å². The maximum atomic E-state index is 8.23. The predicted molar refractivity (Wildman–Crippen MR) is 28.0 cm³/mol. The van der Waals surface area contributed by atoms with Gasteiger partial charge in [0.25, 0.3) is 0 Å². The van der Waals surface area contributed by atoms with Gasteiger partial charge in [0.1, 0.15) is 0 Å². The van der Waals surface area contributed by atoms with Crippen LogP contribution in [0.4, 0.5) is 0 Å². The van der Waals surface area contributed by atoms with E-state index in [9.17, 15) is 0 Å². The van der Waals surface area contributed by atoms with Crippen LogP contribution < -0.4 is 5.32 Å². The van der Waals surface area contributed by atoms with Gasteiger partial charge >= 0.3 is 0 Å². The molecule has 1 atom stereocenters. The van der Waals surface area contributed by atoms with Crippen molar-refractivity contribution in [3.63, 3.8) is 0 Å². The van der Waals surface area contributed by atoms with E-state index in [4.69, 9.17) is 5.11 Å². The van der Waals surface area contributed by atoms with Crippen molar-refractivity contribution in [2.75, 3.05) is 13.2 Å². The summed E-state index contributed by atoms with van der Waals surface area (Å²) in [6.45, 7) is 1.24. The second-order valence-electron chi connectivity index (χ2n) is 1.63. The van der Waals surface area contributed by atoms with Crippen molar-refractivity contribution in [1.82, 2.24) is 5.32 Å². The van der Waals surface area contributed by atoms with Crippen molar-refractivity contribution in [1.29, 1.82) is 0 Å². The molecular weight excluding hydrogens is 90.1 g/mol. The van der Waals surface area contributed by atoms with E-state index in [0.29, 0.717) is 6.04 Å². The Balaban J connectivity index is 2.05. The molecule has 1 aliphatic heterocycles. The van der Waals surface area contributed by atoms with Crippen LogP contribution in [0.25, 0.3) is 0 Å². The lowest BCUT2D eigenvalue weighted by atomic mass is 10.4. The Kier molecular flexibility index (Phi) is 1.44. The fraction of sp³-hybridized carbons (Fsp3) is 0.600. The molecule has 0 aromatic rings. The van der Waals surface area contributed by atoms with E-state index in [2.05, 4.69) is 5.32 Å². The standard InChI is InChI=1S/C5H9NO/c7-3-1-2-5-4-6-5/h1-2,5-7H,3-4H2. The molecule has 1 saturated heterocycles. The van der Waals surface area contributed by atoms with Crippen LogP contribution in [0, 0.1) is 0 Å². The third kappa shape index (κ3) is 1.71. The molecule has 1 fully saturated rings. The molecule has 0 aromatic heterocycles. The van der Waals surface area contributed by atoms with E-state index < -0.39 is 0 Å². The monoisotopic (exact) mass is 99.1 g/mol. The summed E-state index contributed by atoms with van der Waals surface area (Å²) < 4.78 is 0. The second-order valence-corrected chi connectivity index (χ2v) is 1.63. The fourth-order valence-electron chi connectivity index (χ4n) is 0.429. The largest absolute Gasteiger partial charge is 0.392 e. The Labute approximate surface area is 42.8 Å². The zero-order valence-electron chi connectivity index (χ0n) is 4.09. The van der Waals surface area contributed by atoms with Gasteiger partial charge in [0.15, 0.2) is 0 Å². The van der Waals surface area contributed by atoms with E-state index in [1.54, 1.807) is 6.08 Å². The first-order valence-electron chi connectivity index (χ1n) is 2.44. The lowest BCUT2D eigenvalue weighted by molar-refractivity contribution is 0.342. The molecule has 0 saturated carbocycles. The highest BCUT2D eigenvalue weighted by atomic mass is 16.2. The normalized spacial score (nSPS) is 29.0. The summed E-state index contributed by atoms with van der Waals surface area (Å²) in [4.78, 5) is 0. The van der Waals surface area contributed by atoms with Crippen LogP contribution in [0.1, 0.15) is 0 Å². The Morgan fingerprint density at radius 2 is 2.57 bits per heavy atom. The molecule has 2 N–H and O–H groups in total. The van der Waals surface area contributed by atoms with Crippen molar-refractivity contribution >= 4 is 0 Å². The van der Waals surface area contributed by atoms with Crippen LogP contribution in [0.5, 0.6) is 0 Å². The van der Waals surface area contributed by atoms with Gasteiger partial charge in [-0.2, -0.15) is 0 Å². The van der Waals surface area contributed by atoms with E-state index in [-0.39, 0.29) is 6.61 Å². The lowest BCUT2D eigenvalue weighted by Crippen LogP contribution is -1.82. The topological polar surface area (TPSA) is 42.2 Å². The number of hydrogen-bond donors (Lipinski definition) is 2. The SMILES string of the molecule is OCC=CC1CN1. The molecule has 0 bridgehead atoms. The molecule has 40 valence electrons. The summed E-state index contributed by atoms with van der Waals surface area (Å²) >= 11 is 0. The fourth-order valence-corrected chi connectivity index (χ4v) is 0.429. The van der Waals surface area contributed by atoms with Gasteiger partial charge in [-0.15, -0.1) is 0 Å². The Morgan fingerprint density at radius 3 is 3.00 bits per heavy atom. The number of rotatable bonds is 2. The zero-order valence-corrected chi connectivity index (χ0v) is 4.09. The van der Waals surface area contributed by atoms with Crippen LogP contribution in [0.3, 0.4) is 0 Å². The quantitative estimate of drug-likeness (QED) is 0.362. The van der Waals surface area contributed by atoms with E-state index in [0.717, 1.165) is 6.54 Å². The predicted octanol–water partition coefficient (Wildman–Crippen LogP) is -0.493. The summed E-state index contributed by atoms with van der Waals surface area (Å²) in [5.41, 5.74) is 0. The molecular formula is C5H9NO. The average Bonchev–Trinajstić information content (AvgIpc) is 2.42. The average molecular weight is 99.1 g/mol. The van der Waals surface area contributed by atoms with Crippen molar-refractivity contribution in [2.24, 2.45) is 0 Å². The number of hydrogen-bond acceptors (Lipinski definition) is 2. The minimum Gasteiger partial charge on any atom is -0.392 e. The molecule has 0 aromatic carbocycles. The Hall–Kier alpha value is -0.340. The van der Waals surface area contributed by atoms with Gasteiger partial charge in [-0.25, -0.2) is 0 Å². The zero-order chi connectivity index (χ0) is 5.11. The molecule has 0 spiro atoms. The third-order valence-corrected chi connectivity index (χ3v) is 0.914. The highest BCUT2D eigenvalue weighted by Gasteiger charge is 2.14. The van der Waals surface area contributed by atoms with Gasteiger partial charge in [0.2, 0.25) is 0 Å². The molecule has 7 heavy (non-hydrogen) atoms. The van der Waals surface area contributed by atoms with Gasteiger partial charge in [-0.3, -0.25) is 0 Å². The minimum absolute atomic E-state index is 0.165. The molecule has 0 amide bonds. The second kappa shape index (κ2) is 2.09. The van der Waals surface area contributed by atoms with Crippen LogP contribution in [-0.2, 0) is 0 Å². The highest BCUT2D eigenvalue weighted by Crippen LogP contribution is 1.96. The number of aliphatic hydroxyl groups is 1. The maximum Gasteiger partial charge on any atom is 0.0612 e. The van der Waals surface area contributed by atoms with Crippen LogP contribution in [0.15, 0.2) is 12.2 Å². The molecule has 2 heteroatoms. The first kappa shape index (κ1) is 4.81. The molecule has 0 aliphatic carbocycles. The summed E-state index contributed by atoms with van der Waals surface area (Å²) in [7, 11) is 0. The van der Waals surface area contributed by atoms with Gasteiger partial charge < -0.3 is 10.4 Å². The third-order valence-electron chi connectivity index (χ3n) is 0.914. The van der Waals surface area contributed by atoms with Crippen molar-refractivity contribution < 1.29 is 5.11 Å². The molecule has 1 rings (SSSR count). The number of aliphatic hydroxyl groups excluding tert-OH is 1. The first-order chi connectivity index (χ1) is 3.43. The smallest absolute Gasteiger partial charge is 0.0612 e. The van der Waals surface area contributed by atoms with Gasteiger partial charge in [0, 0.05) is 12.6 Å². The number of nitrogens with one attached hydrogen (secondary N) is 1. The maximum absolute atomic E-state index is 8.23. The summed E-state index contributed by atoms with van der Waals surface area (Å²) in [6, 6.07) is 0.562. The van der Waals surface area contributed by atoms with Crippen LogP contribution in [-0.4, -0.2) is 24.3 Å². The Morgan fingerprint density at radius 1 is 1.86 bits per heavy atom. The Bertz CT molecular complexity index is 76.1. The summed E-state index contributed by atoms with van der Waals surface area (Å²) in [5.74, 6) is 0. The molecule has 0 radical (unpaired) electrons. The highest BCUT2D eigenvalue weighted by molar-refractivity contribution is 5.02. The molecule has 1 heterocycles. The van der Waals surface area contributed by atoms with Gasteiger partial charge in [-0.1, -0.05) is 12.2 Å². The molecule has 1 unspecified atom stereocenters. The summed E-state index contributed by atoms with van der Waals surface area (Å²) in [5, 5.41) is 11.3. The molecule has 2 nitrogen and oxygen atoms in total. The minimum atomic E-state index is 0.165. The first-order valence-corrected chi connectivity index (χ1v) is 2.44. The van der Waals surface area contributed by atoms with Crippen molar-refractivity contribution in [3.8, 4) is 0 Å². The molecule has 1 aliphatic rings. The van der Waals surface area contributed by atoms with Crippen molar-refractivity contribution in [3.05, 3.63) is 12.2 Å². The van der Waals surface area contributed by atoms with Gasteiger partial charge in [0.05, 0.1) is 6.61 Å². The van der Waals surface area contributed by atoms with E-state index in [1.165, 1.54) is 0 Å². The van der Waals surface area contributed by atoms with Crippen LogP contribution >= 0.6 is 0 Å². The van der Waals surface area contributed by atoms with E-state index >= 15 is 0 Å². The van der Waals surface area contributed by atoms with Gasteiger partial charge in [-0.05, 0) is 0 Å². The van der Waals surface area contributed by atoms with E-state index in [1.807, 2.05) is 6.08 Å². The lowest BCUT2D eigenvalue weighted by Gasteiger charge is -1.74. The van der Waals surface area contributed by atoms with Crippen molar-refractivity contribution in [2.45, 2.75) is 6.04 Å².